The Morgan fingerprint density at radius 2 is 2.07 bits per heavy atom. The standard InChI is InChI=1S/C18H28N4O5S/c1-11-6-14(21-27-11)20-16(24)12(2)28-10-15(23)19-7-13-8-22(9-13)17(25)26-18(3,4)5/h6,12-13H,7-10H2,1-5H3,(H,19,23)(H,20,21,24)/t12-/m0/s1. The molecule has 9 nitrogen and oxygen atoms in total. The highest BCUT2D eigenvalue weighted by Gasteiger charge is 2.33. The molecule has 1 atom stereocenters. The number of carbonyl (C=O) groups is 3. The Balaban J connectivity index is 1.59. The third-order valence-electron chi connectivity index (χ3n) is 3.91. The molecule has 1 fully saturated rings. The van der Waals surface area contributed by atoms with E-state index in [0.29, 0.717) is 31.2 Å². The minimum atomic E-state index is -0.511. The van der Waals surface area contributed by atoms with Crippen molar-refractivity contribution in [2.24, 2.45) is 5.92 Å². The van der Waals surface area contributed by atoms with Crippen LogP contribution in [0.3, 0.4) is 0 Å². The molecule has 1 aromatic rings. The summed E-state index contributed by atoms with van der Waals surface area (Å²) in [5.74, 6) is 0.984. The topological polar surface area (TPSA) is 114 Å². The highest BCUT2D eigenvalue weighted by Crippen LogP contribution is 2.19. The summed E-state index contributed by atoms with van der Waals surface area (Å²) in [7, 11) is 0. The third-order valence-corrected chi connectivity index (χ3v) is 5.05. The average molecular weight is 413 g/mol. The molecule has 0 aromatic carbocycles. The molecule has 0 spiro atoms. The lowest BCUT2D eigenvalue weighted by molar-refractivity contribution is -0.119. The molecule has 1 aliphatic rings. The molecule has 1 aromatic heterocycles. The van der Waals surface area contributed by atoms with Crippen LogP contribution in [0.2, 0.25) is 0 Å². The Bertz CT molecular complexity index is 709. The van der Waals surface area contributed by atoms with Crippen molar-refractivity contribution in [1.82, 2.24) is 15.4 Å². The number of rotatable bonds is 7. The Labute approximate surface area is 168 Å². The molecule has 0 bridgehead atoms. The zero-order valence-corrected chi connectivity index (χ0v) is 17.7. The lowest BCUT2D eigenvalue weighted by atomic mass is 10.0. The van der Waals surface area contributed by atoms with Crippen LogP contribution in [-0.4, -0.2) is 64.2 Å². The molecular formula is C18H28N4O5S. The van der Waals surface area contributed by atoms with Gasteiger partial charge in [0.1, 0.15) is 11.4 Å². The van der Waals surface area contributed by atoms with E-state index in [-0.39, 0.29) is 29.6 Å². The van der Waals surface area contributed by atoms with Gasteiger partial charge in [-0.3, -0.25) is 9.59 Å². The molecule has 10 heteroatoms. The summed E-state index contributed by atoms with van der Waals surface area (Å²) in [6, 6.07) is 1.63. The van der Waals surface area contributed by atoms with Gasteiger partial charge in [-0.2, -0.15) is 0 Å². The van der Waals surface area contributed by atoms with E-state index in [0.717, 1.165) is 0 Å². The molecule has 3 amide bonds. The van der Waals surface area contributed by atoms with Gasteiger partial charge in [0.15, 0.2) is 5.82 Å². The number of nitrogens with zero attached hydrogens (tertiary/aromatic N) is 2. The molecule has 0 aliphatic carbocycles. The second kappa shape index (κ2) is 9.31. The maximum Gasteiger partial charge on any atom is 0.410 e. The lowest BCUT2D eigenvalue weighted by Crippen LogP contribution is -2.55. The van der Waals surface area contributed by atoms with Gasteiger partial charge in [-0.05, 0) is 34.6 Å². The van der Waals surface area contributed by atoms with Crippen LogP contribution in [0.5, 0.6) is 0 Å². The van der Waals surface area contributed by atoms with Crippen molar-refractivity contribution in [3.05, 3.63) is 11.8 Å². The fourth-order valence-electron chi connectivity index (χ4n) is 2.41. The van der Waals surface area contributed by atoms with Crippen molar-refractivity contribution in [3.8, 4) is 0 Å². The summed E-state index contributed by atoms with van der Waals surface area (Å²) < 4.78 is 10.2. The number of ether oxygens (including phenoxy) is 1. The highest BCUT2D eigenvalue weighted by molar-refractivity contribution is 8.01. The highest BCUT2D eigenvalue weighted by atomic mass is 32.2. The summed E-state index contributed by atoms with van der Waals surface area (Å²) in [5.41, 5.74) is -0.511. The van der Waals surface area contributed by atoms with Crippen molar-refractivity contribution in [2.75, 3.05) is 30.7 Å². The SMILES string of the molecule is Cc1cc(NC(=O)[C@H](C)SCC(=O)NCC2CN(C(=O)OC(C)(C)C)C2)no1. The number of likely N-dealkylation sites (tertiary alicyclic amines) is 1. The molecule has 0 unspecified atom stereocenters. The number of anilines is 1. The van der Waals surface area contributed by atoms with Gasteiger partial charge in [0.25, 0.3) is 0 Å². The number of aryl methyl sites for hydroxylation is 1. The zero-order valence-electron chi connectivity index (χ0n) is 16.9. The summed E-state index contributed by atoms with van der Waals surface area (Å²) in [4.78, 5) is 37.5. The van der Waals surface area contributed by atoms with Gasteiger partial charge in [-0.25, -0.2) is 4.79 Å². The van der Waals surface area contributed by atoms with Crippen LogP contribution < -0.4 is 10.6 Å². The summed E-state index contributed by atoms with van der Waals surface area (Å²) >= 11 is 1.24. The van der Waals surface area contributed by atoms with Crippen LogP contribution in [0.4, 0.5) is 10.6 Å². The maximum absolute atomic E-state index is 12.1. The molecule has 156 valence electrons. The van der Waals surface area contributed by atoms with Crippen molar-refractivity contribution in [1.29, 1.82) is 0 Å². The van der Waals surface area contributed by atoms with E-state index in [9.17, 15) is 14.4 Å². The normalized spacial score (nSPS) is 15.5. The number of carbonyl (C=O) groups excluding carboxylic acids is 3. The number of hydrogen-bond acceptors (Lipinski definition) is 7. The van der Waals surface area contributed by atoms with Crippen LogP contribution >= 0.6 is 11.8 Å². The van der Waals surface area contributed by atoms with Crippen molar-refractivity contribution < 1.29 is 23.6 Å². The Kier molecular flexibility index (Phi) is 7.34. The number of nitrogens with one attached hydrogen (secondary N) is 2. The molecule has 1 aliphatic heterocycles. The molecule has 1 saturated heterocycles. The maximum atomic E-state index is 12.1. The third kappa shape index (κ3) is 7.06. The van der Waals surface area contributed by atoms with Gasteiger partial charge in [-0.15, -0.1) is 11.8 Å². The van der Waals surface area contributed by atoms with E-state index in [4.69, 9.17) is 9.26 Å². The first-order chi connectivity index (χ1) is 13.0. The summed E-state index contributed by atoms with van der Waals surface area (Å²) in [6.45, 7) is 10.6. The van der Waals surface area contributed by atoms with E-state index >= 15 is 0 Å². The lowest BCUT2D eigenvalue weighted by Gasteiger charge is -2.39. The van der Waals surface area contributed by atoms with Gasteiger partial charge >= 0.3 is 6.09 Å². The zero-order chi connectivity index (χ0) is 20.9. The first-order valence-corrected chi connectivity index (χ1v) is 10.2. The number of aromatic nitrogens is 1. The van der Waals surface area contributed by atoms with Crippen molar-refractivity contribution in [2.45, 2.75) is 45.5 Å². The molecule has 28 heavy (non-hydrogen) atoms. The molecule has 2 heterocycles. The first-order valence-electron chi connectivity index (χ1n) is 9.14. The number of hydrogen-bond donors (Lipinski definition) is 2. The van der Waals surface area contributed by atoms with E-state index in [1.54, 1.807) is 24.8 Å². The predicted molar refractivity (Wildman–Crippen MR) is 106 cm³/mol. The number of thioether (sulfide) groups is 1. The van der Waals surface area contributed by atoms with E-state index in [1.165, 1.54) is 11.8 Å². The first kappa shape index (κ1) is 22.1. The van der Waals surface area contributed by atoms with Gasteiger partial charge in [0, 0.05) is 31.6 Å². The Hall–Kier alpha value is -2.23. The van der Waals surface area contributed by atoms with Gasteiger partial charge in [0.2, 0.25) is 11.8 Å². The Morgan fingerprint density at radius 3 is 2.64 bits per heavy atom. The fraction of sp³-hybridized carbons (Fsp3) is 0.667. The smallest absolute Gasteiger partial charge is 0.410 e. The van der Waals surface area contributed by atoms with E-state index in [1.807, 2.05) is 20.8 Å². The van der Waals surface area contributed by atoms with Crippen molar-refractivity contribution >= 4 is 35.5 Å². The van der Waals surface area contributed by atoms with Gasteiger partial charge in [-0.1, -0.05) is 5.16 Å². The summed E-state index contributed by atoms with van der Waals surface area (Å²) in [6.07, 6.45) is -0.326. The molecular weight excluding hydrogens is 384 g/mol. The van der Waals surface area contributed by atoms with Crippen LogP contribution in [0, 0.1) is 12.8 Å². The van der Waals surface area contributed by atoms with Crippen LogP contribution in [0.15, 0.2) is 10.6 Å². The minimum Gasteiger partial charge on any atom is -0.444 e. The van der Waals surface area contributed by atoms with Gasteiger partial charge < -0.3 is 24.8 Å². The quantitative estimate of drug-likeness (QED) is 0.704. The largest absolute Gasteiger partial charge is 0.444 e. The monoisotopic (exact) mass is 412 g/mol. The Morgan fingerprint density at radius 1 is 1.39 bits per heavy atom. The van der Waals surface area contributed by atoms with Crippen LogP contribution in [0.25, 0.3) is 0 Å². The molecule has 2 N–H and O–H groups in total. The molecule has 0 radical (unpaired) electrons. The second-order valence-corrected chi connectivity index (χ2v) is 9.15. The van der Waals surface area contributed by atoms with E-state index < -0.39 is 10.9 Å². The van der Waals surface area contributed by atoms with Crippen LogP contribution in [0.1, 0.15) is 33.5 Å². The molecule has 0 saturated carbocycles. The minimum absolute atomic E-state index is 0.141. The number of amides is 3. The molecule has 2 rings (SSSR count). The van der Waals surface area contributed by atoms with Crippen LogP contribution in [-0.2, 0) is 14.3 Å². The van der Waals surface area contributed by atoms with E-state index in [2.05, 4.69) is 15.8 Å². The van der Waals surface area contributed by atoms with Crippen molar-refractivity contribution in [3.63, 3.8) is 0 Å². The van der Waals surface area contributed by atoms with Gasteiger partial charge in [0.05, 0.1) is 11.0 Å². The second-order valence-electron chi connectivity index (χ2n) is 7.82. The average Bonchev–Trinajstić information content (AvgIpc) is 2.94. The predicted octanol–water partition coefficient (Wildman–Crippen LogP) is 2.03. The summed E-state index contributed by atoms with van der Waals surface area (Å²) in [5, 5.41) is 8.78. The fourth-order valence-corrected chi connectivity index (χ4v) is 3.13.